The molecule has 0 spiro atoms. The molecule has 0 aliphatic carbocycles. The first kappa shape index (κ1) is 14.7. The van der Waals surface area contributed by atoms with Crippen LogP contribution in [0.3, 0.4) is 0 Å². The number of rotatable bonds is 7. The van der Waals surface area contributed by atoms with Crippen LogP contribution in [0.4, 0.5) is 0 Å². The van der Waals surface area contributed by atoms with Crippen LogP contribution in [-0.4, -0.2) is 28.4 Å². The number of nitrogens with two attached hydrogens (primary N) is 1. The minimum Gasteiger partial charge on any atom is -0.469 e. The Morgan fingerprint density at radius 2 is 2.22 bits per heavy atom. The Morgan fingerprint density at radius 3 is 2.72 bits per heavy atom. The van der Waals surface area contributed by atoms with Crippen molar-refractivity contribution in [3.63, 3.8) is 0 Å². The Hall–Kier alpha value is -1.36. The average Bonchev–Trinajstić information content (AvgIpc) is 2.78. The predicted molar refractivity (Wildman–Crippen MR) is 75.3 cm³/mol. The Bertz CT molecular complexity index is 388. The molecule has 0 bridgehead atoms. The number of amides is 1. The van der Waals surface area contributed by atoms with Crippen LogP contribution in [0.2, 0.25) is 0 Å². The lowest BCUT2D eigenvalue weighted by Crippen LogP contribution is -2.39. The highest BCUT2D eigenvalue weighted by Crippen LogP contribution is 2.08. The molecule has 1 amide bonds. The van der Waals surface area contributed by atoms with Crippen molar-refractivity contribution in [2.45, 2.75) is 39.2 Å². The van der Waals surface area contributed by atoms with E-state index < -0.39 is 0 Å². The van der Waals surface area contributed by atoms with Gasteiger partial charge in [0.1, 0.15) is 5.76 Å². The highest BCUT2D eigenvalue weighted by molar-refractivity contribution is 7.80. The van der Waals surface area contributed by atoms with Gasteiger partial charge in [0.05, 0.1) is 11.3 Å². The van der Waals surface area contributed by atoms with Crippen LogP contribution >= 0.6 is 12.2 Å². The molecule has 0 atom stereocenters. The summed E-state index contributed by atoms with van der Waals surface area (Å²) >= 11 is 4.84. The van der Waals surface area contributed by atoms with Gasteiger partial charge in [0, 0.05) is 31.8 Å². The first-order valence-corrected chi connectivity index (χ1v) is 6.51. The van der Waals surface area contributed by atoms with Crippen LogP contribution < -0.4 is 5.73 Å². The minimum atomic E-state index is 0.109. The normalized spacial score (nSPS) is 10.6. The molecule has 1 aromatic rings. The van der Waals surface area contributed by atoms with Crippen molar-refractivity contribution in [1.29, 1.82) is 0 Å². The largest absolute Gasteiger partial charge is 0.469 e. The van der Waals surface area contributed by atoms with Gasteiger partial charge < -0.3 is 15.1 Å². The molecule has 0 unspecified atom stereocenters. The zero-order valence-corrected chi connectivity index (χ0v) is 11.7. The Balaban J connectivity index is 2.46. The van der Waals surface area contributed by atoms with Crippen LogP contribution in [0.25, 0.3) is 0 Å². The first-order valence-electron chi connectivity index (χ1n) is 6.11. The predicted octanol–water partition coefficient (Wildman–Crippen LogP) is 2.13. The maximum Gasteiger partial charge on any atom is 0.223 e. The van der Waals surface area contributed by atoms with E-state index >= 15 is 0 Å². The van der Waals surface area contributed by atoms with Crippen LogP contribution in [0.15, 0.2) is 22.8 Å². The van der Waals surface area contributed by atoms with E-state index in [2.05, 4.69) is 0 Å². The molecule has 0 fully saturated rings. The van der Waals surface area contributed by atoms with E-state index in [1.54, 1.807) is 6.26 Å². The maximum atomic E-state index is 12.1. The number of furan rings is 1. The second kappa shape index (κ2) is 7.16. The molecular formula is C13H20N2O2S. The Morgan fingerprint density at radius 1 is 1.50 bits per heavy atom. The lowest BCUT2D eigenvalue weighted by Gasteiger charge is -2.26. The highest BCUT2D eigenvalue weighted by Gasteiger charge is 2.17. The number of nitrogens with zero attached hydrogens (tertiary/aromatic N) is 1. The van der Waals surface area contributed by atoms with Crippen molar-refractivity contribution in [3.05, 3.63) is 24.2 Å². The van der Waals surface area contributed by atoms with Gasteiger partial charge in [0.25, 0.3) is 0 Å². The number of hydrogen-bond donors (Lipinski definition) is 1. The zero-order chi connectivity index (χ0) is 13.5. The summed E-state index contributed by atoms with van der Waals surface area (Å²) < 4.78 is 5.21. The molecule has 100 valence electrons. The standard InChI is InChI=1S/C13H20N2O2S/c1-10(2)15(8-7-12(14)18)13(16)6-5-11-4-3-9-17-11/h3-4,9-10H,5-8H2,1-2H3,(H2,14,18). The van der Waals surface area contributed by atoms with Gasteiger partial charge in [-0.2, -0.15) is 0 Å². The van der Waals surface area contributed by atoms with Crippen LogP contribution in [0.5, 0.6) is 0 Å². The summed E-state index contributed by atoms with van der Waals surface area (Å²) in [5.41, 5.74) is 5.47. The summed E-state index contributed by atoms with van der Waals surface area (Å²) in [6.07, 6.45) is 3.26. The van der Waals surface area contributed by atoms with Gasteiger partial charge in [0.15, 0.2) is 0 Å². The van der Waals surface area contributed by atoms with Crippen molar-refractivity contribution >= 4 is 23.1 Å². The van der Waals surface area contributed by atoms with Crippen molar-refractivity contribution in [2.75, 3.05) is 6.54 Å². The molecule has 0 saturated carbocycles. The minimum absolute atomic E-state index is 0.109. The molecule has 1 rings (SSSR count). The Kier molecular flexibility index (Phi) is 5.85. The summed E-state index contributed by atoms with van der Waals surface area (Å²) in [6.45, 7) is 4.57. The highest BCUT2D eigenvalue weighted by atomic mass is 32.1. The van der Waals surface area contributed by atoms with Gasteiger partial charge in [0.2, 0.25) is 5.91 Å². The van der Waals surface area contributed by atoms with Gasteiger partial charge in [-0.05, 0) is 26.0 Å². The molecule has 5 heteroatoms. The lowest BCUT2D eigenvalue weighted by molar-refractivity contribution is -0.132. The van der Waals surface area contributed by atoms with Crippen molar-refractivity contribution in [2.24, 2.45) is 5.73 Å². The summed E-state index contributed by atoms with van der Waals surface area (Å²) in [4.78, 5) is 14.3. The van der Waals surface area contributed by atoms with Gasteiger partial charge in [-0.25, -0.2) is 0 Å². The molecule has 0 aliphatic heterocycles. The summed E-state index contributed by atoms with van der Waals surface area (Å²) in [7, 11) is 0. The van der Waals surface area contributed by atoms with Crippen LogP contribution in [-0.2, 0) is 11.2 Å². The summed E-state index contributed by atoms with van der Waals surface area (Å²) in [6, 6.07) is 3.86. The van der Waals surface area contributed by atoms with Crippen molar-refractivity contribution < 1.29 is 9.21 Å². The third kappa shape index (κ3) is 4.87. The fraction of sp³-hybridized carbons (Fsp3) is 0.538. The number of hydrogen-bond acceptors (Lipinski definition) is 3. The van der Waals surface area contributed by atoms with E-state index in [9.17, 15) is 4.79 Å². The molecule has 1 heterocycles. The Labute approximate surface area is 113 Å². The van der Waals surface area contributed by atoms with Crippen LogP contribution in [0, 0.1) is 0 Å². The summed E-state index contributed by atoms with van der Waals surface area (Å²) in [5.74, 6) is 0.944. The van der Waals surface area contributed by atoms with Gasteiger partial charge in [-0.3, -0.25) is 4.79 Å². The monoisotopic (exact) mass is 268 g/mol. The summed E-state index contributed by atoms with van der Waals surface area (Å²) in [5, 5.41) is 0. The zero-order valence-electron chi connectivity index (χ0n) is 10.9. The molecule has 0 saturated heterocycles. The van der Waals surface area contributed by atoms with E-state index in [-0.39, 0.29) is 11.9 Å². The van der Waals surface area contributed by atoms with E-state index in [0.717, 1.165) is 5.76 Å². The number of carbonyl (C=O) groups is 1. The average molecular weight is 268 g/mol. The molecule has 2 N–H and O–H groups in total. The first-order chi connectivity index (χ1) is 8.50. The molecular weight excluding hydrogens is 248 g/mol. The fourth-order valence-electron chi connectivity index (χ4n) is 1.73. The van der Waals surface area contributed by atoms with Crippen molar-refractivity contribution in [3.8, 4) is 0 Å². The smallest absolute Gasteiger partial charge is 0.223 e. The number of carbonyl (C=O) groups excluding carboxylic acids is 1. The number of aryl methyl sites for hydroxylation is 1. The van der Waals surface area contributed by atoms with E-state index in [1.807, 2.05) is 30.9 Å². The number of thiocarbonyl (C=S) groups is 1. The van der Waals surface area contributed by atoms with Gasteiger partial charge >= 0.3 is 0 Å². The molecule has 4 nitrogen and oxygen atoms in total. The third-order valence-corrected chi connectivity index (χ3v) is 2.91. The second-order valence-electron chi connectivity index (χ2n) is 4.48. The quantitative estimate of drug-likeness (QED) is 0.770. The topological polar surface area (TPSA) is 59.5 Å². The third-order valence-electron chi connectivity index (χ3n) is 2.71. The van der Waals surface area contributed by atoms with Gasteiger partial charge in [-0.15, -0.1) is 0 Å². The second-order valence-corrected chi connectivity index (χ2v) is 5.00. The molecule has 18 heavy (non-hydrogen) atoms. The molecule has 0 aromatic carbocycles. The molecule has 0 radical (unpaired) electrons. The molecule has 1 aromatic heterocycles. The van der Waals surface area contributed by atoms with E-state index in [1.165, 1.54) is 0 Å². The fourth-order valence-corrected chi connectivity index (χ4v) is 1.82. The van der Waals surface area contributed by atoms with Crippen LogP contribution in [0.1, 0.15) is 32.4 Å². The van der Waals surface area contributed by atoms with E-state index in [4.69, 9.17) is 22.4 Å². The SMILES string of the molecule is CC(C)N(CCC(N)=S)C(=O)CCc1ccco1. The lowest BCUT2D eigenvalue weighted by atomic mass is 10.2. The molecule has 0 aliphatic rings. The van der Waals surface area contributed by atoms with Gasteiger partial charge in [-0.1, -0.05) is 12.2 Å². The van der Waals surface area contributed by atoms with E-state index in [0.29, 0.717) is 30.8 Å². The maximum absolute atomic E-state index is 12.1. The van der Waals surface area contributed by atoms with Crippen molar-refractivity contribution in [1.82, 2.24) is 4.90 Å².